The molecule has 54 valence electrons. The van der Waals surface area contributed by atoms with Crippen LogP contribution in [-0.2, 0) is 4.74 Å². The van der Waals surface area contributed by atoms with Gasteiger partial charge in [-0.15, -0.1) is 11.6 Å². The van der Waals surface area contributed by atoms with E-state index in [-0.39, 0.29) is 12.3 Å². The lowest BCUT2D eigenvalue weighted by Gasteiger charge is -2.05. The molecule has 0 aliphatic heterocycles. The van der Waals surface area contributed by atoms with Crippen LogP contribution in [0.4, 0.5) is 4.79 Å². The largest absolute Gasteiger partial charge is 0.424 e. The molecule has 0 radical (unpaired) electrons. The Hall–Kier alpha value is 0.01000. The van der Waals surface area contributed by atoms with Gasteiger partial charge in [-0.25, -0.2) is 4.79 Å². The molecule has 1 atom stereocenters. The highest BCUT2D eigenvalue weighted by Crippen LogP contribution is 1.98. The number of alkyl halides is 1. The molecular formula is C4H6Cl2O3. The van der Waals surface area contributed by atoms with Crippen LogP contribution in [-0.4, -0.2) is 22.7 Å². The van der Waals surface area contributed by atoms with Crippen molar-refractivity contribution in [3.05, 3.63) is 0 Å². The van der Waals surface area contributed by atoms with Crippen molar-refractivity contribution in [2.24, 2.45) is 0 Å². The molecule has 0 bridgehead atoms. The molecule has 0 amide bonds. The third-order valence-electron chi connectivity index (χ3n) is 0.585. The first kappa shape index (κ1) is 9.01. The summed E-state index contributed by atoms with van der Waals surface area (Å²) in [6, 6.07) is 0. The van der Waals surface area contributed by atoms with Crippen molar-refractivity contribution in [2.75, 3.05) is 5.88 Å². The Labute approximate surface area is 62.5 Å². The minimum Gasteiger partial charge on any atom is -0.424 e. The first-order chi connectivity index (χ1) is 4.16. The molecule has 0 saturated carbocycles. The first-order valence-corrected chi connectivity index (χ1v) is 3.18. The molecule has 0 saturated heterocycles. The predicted molar refractivity (Wildman–Crippen MR) is 33.7 cm³/mol. The summed E-state index contributed by atoms with van der Waals surface area (Å²) in [6.07, 6.45) is -0.979. The van der Waals surface area contributed by atoms with Crippen LogP contribution in [0.15, 0.2) is 0 Å². The van der Waals surface area contributed by atoms with Crippen LogP contribution < -0.4 is 0 Å². The summed E-state index contributed by atoms with van der Waals surface area (Å²) in [6.45, 7) is 0. The molecule has 5 heteroatoms. The quantitative estimate of drug-likeness (QED) is 0.397. The van der Waals surface area contributed by atoms with Gasteiger partial charge >= 0.3 is 5.43 Å². The summed E-state index contributed by atoms with van der Waals surface area (Å²) in [5, 5.41) is 8.61. The molecule has 0 aliphatic carbocycles. The molecule has 0 heterocycles. The van der Waals surface area contributed by atoms with Crippen LogP contribution in [0.1, 0.15) is 6.42 Å². The van der Waals surface area contributed by atoms with E-state index in [1.807, 2.05) is 0 Å². The highest BCUT2D eigenvalue weighted by atomic mass is 35.5. The van der Waals surface area contributed by atoms with E-state index in [4.69, 9.17) is 28.3 Å². The van der Waals surface area contributed by atoms with Gasteiger partial charge in [0.05, 0.1) is 0 Å². The third kappa shape index (κ3) is 5.89. The van der Waals surface area contributed by atoms with Crippen molar-refractivity contribution >= 4 is 28.6 Å². The molecule has 3 nitrogen and oxygen atoms in total. The van der Waals surface area contributed by atoms with E-state index in [9.17, 15) is 4.79 Å². The fourth-order valence-corrected chi connectivity index (χ4v) is 0.549. The van der Waals surface area contributed by atoms with Gasteiger partial charge in [0, 0.05) is 23.9 Å². The Balaban J connectivity index is 3.26. The minimum atomic E-state index is -1.17. The summed E-state index contributed by atoms with van der Waals surface area (Å²) in [5.41, 5.74) is -1.02. The van der Waals surface area contributed by atoms with Gasteiger partial charge in [-0.05, 0) is 0 Å². The van der Waals surface area contributed by atoms with Gasteiger partial charge in [0.1, 0.15) is 0 Å². The number of hydrogen-bond donors (Lipinski definition) is 1. The van der Waals surface area contributed by atoms with Gasteiger partial charge in [0.25, 0.3) is 0 Å². The molecule has 1 unspecified atom stereocenters. The topological polar surface area (TPSA) is 46.5 Å². The zero-order valence-corrected chi connectivity index (χ0v) is 6.02. The van der Waals surface area contributed by atoms with Crippen molar-refractivity contribution < 1.29 is 14.6 Å². The van der Waals surface area contributed by atoms with Gasteiger partial charge in [0.15, 0.2) is 0 Å². The molecule has 0 aromatic carbocycles. The zero-order valence-electron chi connectivity index (χ0n) is 4.51. The van der Waals surface area contributed by atoms with Gasteiger partial charge in [0.2, 0.25) is 6.29 Å². The summed E-state index contributed by atoms with van der Waals surface area (Å²) < 4.78 is 4.09. The zero-order chi connectivity index (χ0) is 7.28. The van der Waals surface area contributed by atoms with E-state index in [2.05, 4.69) is 4.74 Å². The number of carbonyl (C=O) groups excluding carboxylic acids is 1. The van der Waals surface area contributed by atoms with Gasteiger partial charge in [-0.2, -0.15) is 0 Å². The van der Waals surface area contributed by atoms with Crippen LogP contribution >= 0.6 is 23.2 Å². The van der Waals surface area contributed by atoms with E-state index in [1.54, 1.807) is 0 Å². The molecule has 0 fully saturated rings. The van der Waals surface area contributed by atoms with E-state index < -0.39 is 11.7 Å². The number of hydrogen-bond acceptors (Lipinski definition) is 3. The van der Waals surface area contributed by atoms with E-state index in [1.165, 1.54) is 0 Å². The maximum atomic E-state index is 9.87. The molecule has 0 aliphatic rings. The van der Waals surface area contributed by atoms with Crippen LogP contribution in [0.3, 0.4) is 0 Å². The van der Waals surface area contributed by atoms with Crippen molar-refractivity contribution in [1.29, 1.82) is 0 Å². The number of ether oxygens (including phenoxy) is 1. The van der Waals surface area contributed by atoms with Crippen LogP contribution in [0.2, 0.25) is 0 Å². The molecule has 0 spiro atoms. The number of rotatable bonds is 3. The Kier molecular flexibility index (Phi) is 4.85. The standard InChI is InChI=1S/C4H6Cl2O3/c5-2-1-3(7)9-4(6)8/h3,7H,1-2H2. The van der Waals surface area contributed by atoms with Crippen molar-refractivity contribution in [2.45, 2.75) is 12.7 Å². The van der Waals surface area contributed by atoms with Gasteiger partial charge in [-0.1, -0.05) is 0 Å². The second-order valence-electron chi connectivity index (χ2n) is 1.29. The Morgan fingerprint density at radius 3 is 2.67 bits per heavy atom. The molecular weight excluding hydrogens is 167 g/mol. The highest BCUT2D eigenvalue weighted by molar-refractivity contribution is 6.61. The summed E-state index contributed by atoms with van der Waals surface area (Å²) >= 11 is 9.93. The van der Waals surface area contributed by atoms with Crippen LogP contribution in [0.25, 0.3) is 0 Å². The van der Waals surface area contributed by atoms with Crippen molar-refractivity contribution in [3.63, 3.8) is 0 Å². The average Bonchev–Trinajstić information content (AvgIpc) is 1.63. The van der Waals surface area contributed by atoms with E-state index >= 15 is 0 Å². The summed E-state index contributed by atoms with van der Waals surface area (Å²) in [7, 11) is 0. The number of halogens is 2. The predicted octanol–water partition coefficient (Wildman–Crippen LogP) is 1.31. The minimum absolute atomic E-state index is 0.194. The van der Waals surface area contributed by atoms with E-state index in [0.717, 1.165) is 0 Å². The second-order valence-corrected chi connectivity index (χ2v) is 1.97. The van der Waals surface area contributed by atoms with Crippen molar-refractivity contribution in [1.82, 2.24) is 0 Å². The monoisotopic (exact) mass is 172 g/mol. The van der Waals surface area contributed by atoms with Crippen molar-refractivity contribution in [3.8, 4) is 0 Å². The number of aliphatic hydroxyl groups is 1. The highest BCUT2D eigenvalue weighted by Gasteiger charge is 2.05. The lowest BCUT2D eigenvalue weighted by atomic mass is 10.5. The second kappa shape index (κ2) is 4.85. The SMILES string of the molecule is O=C(Cl)OC(O)CCCl. The summed E-state index contributed by atoms with van der Waals surface area (Å²) in [5.74, 6) is 0.228. The van der Waals surface area contributed by atoms with Gasteiger partial charge < -0.3 is 9.84 Å². The molecule has 0 aromatic rings. The average molecular weight is 173 g/mol. The first-order valence-electron chi connectivity index (χ1n) is 2.27. The van der Waals surface area contributed by atoms with E-state index in [0.29, 0.717) is 0 Å². The molecule has 1 N–H and O–H groups in total. The number of aliphatic hydroxyl groups excluding tert-OH is 1. The molecule has 0 aromatic heterocycles. The number of carbonyl (C=O) groups is 1. The molecule has 0 rings (SSSR count). The fraction of sp³-hybridized carbons (Fsp3) is 0.750. The van der Waals surface area contributed by atoms with Crippen LogP contribution in [0, 0.1) is 0 Å². The molecule has 9 heavy (non-hydrogen) atoms. The Morgan fingerprint density at radius 1 is 1.78 bits per heavy atom. The Morgan fingerprint density at radius 2 is 2.33 bits per heavy atom. The van der Waals surface area contributed by atoms with Gasteiger partial charge in [-0.3, -0.25) is 0 Å². The fourth-order valence-electron chi connectivity index (χ4n) is 0.259. The third-order valence-corrected chi connectivity index (χ3v) is 0.892. The lowest BCUT2D eigenvalue weighted by molar-refractivity contribution is -0.0428. The summed E-state index contributed by atoms with van der Waals surface area (Å²) in [4.78, 5) is 9.87. The van der Waals surface area contributed by atoms with Crippen LogP contribution in [0.5, 0.6) is 0 Å². The maximum absolute atomic E-state index is 9.87. The normalized spacial score (nSPS) is 12.8. The lowest BCUT2D eigenvalue weighted by Crippen LogP contribution is -2.13. The Bertz CT molecular complexity index is 95.8. The smallest absolute Gasteiger partial charge is 0.406 e. The maximum Gasteiger partial charge on any atom is 0.406 e.